The average Bonchev–Trinajstić information content (AvgIpc) is 3.38. The second-order valence-electron chi connectivity index (χ2n) is 7.91. The first-order valence-electron chi connectivity index (χ1n) is 10.3. The van der Waals surface area contributed by atoms with Gasteiger partial charge in [0, 0.05) is 28.6 Å². The maximum Gasteiger partial charge on any atom is 0.315 e. The van der Waals surface area contributed by atoms with E-state index in [0.717, 1.165) is 47.3 Å². The van der Waals surface area contributed by atoms with E-state index >= 15 is 0 Å². The largest absolute Gasteiger partial charge is 0.452 e. The van der Waals surface area contributed by atoms with E-state index in [1.54, 1.807) is 0 Å². The summed E-state index contributed by atoms with van der Waals surface area (Å²) in [5, 5.41) is 6.42. The summed E-state index contributed by atoms with van der Waals surface area (Å²) in [5.41, 5.74) is 4.45. The fourth-order valence-electron chi connectivity index (χ4n) is 4.68. The zero-order valence-corrected chi connectivity index (χ0v) is 16.9. The van der Waals surface area contributed by atoms with E-state index in [1.165, 1.54) is 0 Å². The number of nitrogens with one attached hydrogen (secondary N) is 2. The molecule has 2 aromatic carbocycles. The highest BCUT2D eigenvalue weighted by Crippen LogP contribution is 2.45. The monoisotopic (exact) mass is 408 g/mol. The second kappa shape index (κ2) is 7.75. The third-order valence-corrected chi connectivity index (χ3v) is 7.59. The first-order chi connectivity index (χ1) is 14.2. The van der Waals surface area contributed by atoms with Crippen molar-refractivity contribution in [2.24, 2.45) is 0 Å². The Kier molecular flexibility index (Phi) is 4.96. The summed E-state index contributed by atoms with van der Waals surface area (Å²) < 4.78 is 5.91. The van der Waals surface area contributed by atoms with Crippen LogP contribution in [0.2, 0.25) is 0 Å². The van der Waals surface area contributed by atoms with Crippen molar-refractivity contribution in [1.29, 1.82) is 0 Å². The highest BCUT2D eigenvalue weighted by molar-refractivity contribution is 8.00. The Hall–Kier alpha value is -2.47. The minimum atomic E-state index is -0.305. The van der Waals surface area contributed by atoms with E-state index in [4.69, 9.17) is 4.74 Å². The van der Waals surface area contributed by atoms with Gasteiger partial charge in [0.25, 0.3) is 0 Å². The summed E-state index contributed by atoms with van der Waals surface area (Å²) in [6.45, 7) is 0. The molecule has 150 valence electrons. The number of hydrogen-bond acceptors (Lipinski definition) is 4. The van der Waals surface area contributed by atoms with Crippen molar-refractivity contribution in [2.45, 2.75) is 49.1 Å². The number of fused-ring (bicyclic) bond motifs is 4. The fourth-order valence-corrected chi connectivity index (χ4v) is 6.23. The number of amides is 2. The molecule has 29 heavy (non-hydrogen) atoms. The highest BCUT2D eigenvalue weighted by Gasteiger charge is 2.42. The van der Waals surface area contributed by atoms with Gasteiger partial charge in [-0.05, 0) is 24.0 Å². The number of benzene rings is 2. The molecule has 1 aliphatic carbocycles. The molecular weight excluding hydrogens is 384 g/mol. The number of hydrogen-bond donors (Lipinski definition) is 2. The molecule has 3 aliphatic rings. The summed E-state index contributed by atoms with van der Waals surface area (Å²) in [6.07, 6.45) is 2.90. The standard InChI is InChI=1S/C23H24N2O3S/c26-20(12-6-5-11-19-21-18(13-29-19)24-23(27)25-21)28-22-16-9-3-1-7-14(16)15-8-2-4-10-17(15)22/h1-4,7-10,18-19,21-22H,5-6,11-13H2,(H2,24,25,27). The van der Waals surface area contributed by atoms with Crippen molar-refractivity contribution in [3.8, 4) is 11.1 Å². The Labute approximate surface area is 174 Å². The van der Waals surface area contributed by atoms with Crippen molar-refractivity contribution in [3.63, 3.8) is 0 Å². The van der Waals surface area contributed by atoms with Gasteiger partial charge < -0.3 is 15.4 Å². The zero-order chi connectivity index (χ0) is 19.8. The molecule has 2 fully saturated rings. The molecule has 2 N–H and O–H groups in total. The van der Waals surface area contributed by atoms with Crippen LogP contribution in [0, 0.1) is 0 Å². The number of thioether (sulfide) groups is 1. The van der Waals surface area contributed by atoms with Gasteiger partial charge in [-0.25, -0.2) is 4.79 Å². The van der Waals surface area contributed by atoms with Crippen LogP contribution in [-0.4, -0.2) is 35.1 Å². The maximum atomic E-state index is 12.5. The van der Waals surface area contributed by atoms with Crippen LogP contribution in [0.3, 0.4) is 0 Å². The SMILES string of the molecule is O=C1NC2CSC(CCCCC(=O)OC3c4ccccc4-c4ccccc43)C2N1. The second-order valence-corrected chi connectivity index (χ2v) is 9.18. The topological polar surface area (TPSA) is 67.4 Å². The van der Waals surface area contributed by atoms with Crippen LogP contribution in [-0.2, 0) is 9.53 Å². The summed E-state index contributed by atoms with van der Waals surface area (Å²) in [4.78, 5) is 24.0. The predicted molar refractivity (Wildman–Crippen MR) is 114 cm³/mol. The maximum absolute atomic E-state index is 12.5. The average molecular weight is 409 g/mol. The van der Waals surface area contributed by atoms with Crippen molar-refractivity contribution in [1.82, 2.24) is 10.6 Å². The molecule has 2 heterocycles. The van der Waals surface area contributed by atoms with Crippen molar-refractivity contribution in [3.05, 3.63) is 59.7 Å². The Morgan fingerprint density at radius 2 is 1.69 bits per heavy atom. The van der Waals surface area contributed by atoms with Crippen LogP contribution in [0.1, 0.15) is 42.9 Å². The van der Waals surface area contributed by atoms with Gasteiger partial charge in [-0.15, -0.1) is 0 Å². The van der Waals surface area contributed by atoms with Gasteiger partial charge in [-0.1, -0.05) is 55.0 Å². The summed E-state index contributed by atoms with van der Waals surface area (Å²) in [7, 11) is 0. The van der Waals surface area contributed by atoms with E-state index in [1.807, 2.05) is 48.2 Å². The Morgan fingerprint density at radius 3 is 2.41 bits per heavy atom. The fraction of sp³-hybridized carbons (Fsp3) is 0.391. The lowest BCUT2D eigenvalue weighted by molar-refractivity contribution is -0.147. The van der Waals surface area contributed by atoms with Crippen molar-refractivity contribution < 1.29 is 14.3 Å². The summed E-state index contributed by atoms with van der Waals surface area (Å²) in [5.74, 6) is 0.825. The highest BCUT2D eigenvalue weighted by atomic mass is 32.2. The molecule has 0 bridgehead atoms. The van der Waals surface area contributed by atoms with Gasteiger partial charge in [-0.2, -0.15) is 11.8 Å². The van der Waals surface area contributed by atoms with E-state index in [2.05, 4.69) is 22.8 Å². The van der Waals surface area contributed by atoms with Gasteiger partial charge in [0.05, 0.1) is 12.1 Å². The van der Waals surface area contributed by atoms with Crippen LogP contribution >= 0.6 is 11.8 Å². The van der Waals surface area contributed by atoms with E-state index in [-0.39, 0.29) is 30.2 Å². The van der Waals surface area contributed by atoms with E-state index in [9.17, 15) is 9.59 Å². The number of carbonyl (C=O) groups is 2. The molecule has 5 nitrogen and oxygen atoms in total. The lowest BCUT2D eigenvalue weighted by atomic mass is 10.0. The minimum absolute atomic E-state index is 0.0500. The molecular formula is C23H24N2O3S. The van der Waals surface area contributed by atoms with Crippen LogP contribution < -0.4 is 10.6 Å². The zero-order valence-electron chi connectivity index (χ0n) is 16.1. The molecule has 0 saturated carbocycles. The number of esters is 1. The van der Waals surface area contributed by atoms with Crippen LogP contribution in [0.15, 0.2) is 48.5 Å². The molecule has 0 radical (unpaired) electrons. The normalized spacial score (nSPS) is 24.4. The first-order valence-corrected chi connectivity index (χ1v) is 11.3. The molecule has 3 unspecified atom stereocenters. The molecule has 3 atom stereocenters. The third-order valence-electron chi connectivity index (χ3n) is 6.08. The lowest BCUT2D eigenvalue weighted by Crippen LogP contribution is -2.36. The Balaban J connectivity index is 1.14. The molecule has 0 aromatic heterocycles. The van der Waals surface area contributed by atoms with E-state index in [0.29, 0.717) is 11.7 Å². The molecule has 2 aromatic rings. The number of urea groups is 1. The van der Waals surface area contributed by atoms with Gasteiger partial charge in [-0.3, -0.25) is 4.79 Å². The summed E-state index contributed by atoms with van der Waals surface area (Å²) >= 11 is 1.91. The minimum Gasteiger partial charge on any atom is -0.452 e. The summed E-state index contributed by atoms with van der Waals surface area (Å²) in [6, 6.07) is 16.7. The molecule has 5 rings (SSSR count). The molecule has 2 amide bonds. The molecule has 2 saturated heterocycles. The molecule has 0 spiro atoms. The number of carbonyl (C=O) groups excluding carboxylic acids is 2. The lowest BCUT2D eigenvalue weighted by Gasteiger charge is -2.17. The van der Waals surface area contributed by atoms with Crippen LogP contribution in [0.25, 0.3) is 11.1 Å². The van der Waals surface area contributed by atoms with Crippen molar-refractivity contribution >= 4 is 23.8 Å². The molecule has 2 aliphatic heterocycles. The third kappa shape index (κ3) is 3.50. The molecule has 6 heteroatoms. The van der Waals surface area contributed by atoms with E-state index < -0.39 is 0 Å². The van der Waals surface area contributed by atoms with Gasteiger partial charge in [0.15, 0.2) is 6.10 Å². The first kappa shape index (κ1) is 18.6. The Bertz CT molecular complexity index is 902. The smallest absolute Gasteiger partial charge is 0.315 e. The van der Waals surface area contributed by atoms with Gasteiger partial charge >= 0.3 is 12.0 Å². The van der Waals surface area contributed by atoms with Crippen LogP contribution in [0.5, 0.6) is 0 Å². The Morgan fingerprint density at radius 1 is 1.00 bits per heavy atom. The van der Waals surface area contributed by atoms with Gasteiger partial charge in [0.1, 0.15) is 0 Å². The number of ether oxygens (including phenoxy) is 1. The van der Waals surface area contributed by atoms with Crippen molar-refractivity contribution in [2.75, 3.05) is 5.75 Å². The predicted octanol–water partition coefficient (Wildman–Crippen LogP) is 4.03. The number of rotatable bonds is 6. The van der Waals surface area contributed by atoms with Crippen LogP contribution in [0.4, 0.5) is 4.79 Å². The quantitative estimate of drug-likeness (QED) is 0.430. The number of unbranched alkanes of at least 4 members (excludes halogenated alkanes) is 1. The van der Waals surface area contributed by atoms with Gasteiger partial charge in [0.2, 0.25) is 0 Å².